The number of carboxylic acid groups (broad SMARTS) is 1. The number of hydrogen-bond acceptors (Lipinski definition) is 1. The number of hydrogen-bond donors (Lipinski definition) is 1. The topological polar surface area (TPSA) is 37.3 Å². The Labute approximate surface area is 97.3 Å². The number of benzene rings is 1. The Bertz CT molecular complexity index is 357. The molecule has 0 saturated heterocycles. The molecule has 0 bridgehead atoms. The van der Waals surface area contributed by atoms with Crippen molar-refractivity contribution in [3.63, 3.8) is 0 Å². The van der Waals surface area contributed by atoms with Gasteiger partial charge in [0.2, 0.25) is 0 Å². The smallest absolute Gasteiger partial charge is 0.310 e. The van der Waals surface area contributed by atoms with Crippen molar-refractivity contribution in [2.75, 3.05) is 0 Å². The molecule has 0 heterocycles. The van der Waals surface area contributed by atoms with Crippen LogP contribution >= 0.6 is 0 Å². The first kappa shape index (κ1) is 12.8. The van der Waals surface area contributed by atoms with Crippen molar-refractivity contribution in [2.45, 2.75) is 45.4 Å². The zero-order valence-corrected chi connectivity index (χ0v) is 10.4. The van der Waals surface area contributed by atoms with E-state index in [1.807, 2.05) is 31.2 Å². The molecule has 0 spiro atoms. The maximum Gasteiger partial charge on any atom is 0.310 e. The molecule has 16 heavy (non-hydrogen) atoms. The van der Waals surface area contributed by atoms with Crippen LogP contribution in [0.2, 0.25) is 0 Å². The van der Waals surface area contributed by atoms with Crippen LogP contribution in [0.1, 0.15) is 51.2 Å². The van der Waals surface area contributed by atoms with Crippen molar-refractivity contribution in [1.82, 2.24) is 0 Å². The van der Waals surface area contributed by atoms with Gasteiger partial charge in [-0.1, -0.05) is 52.0 Å². The van der Waals surface area contributed by atoms with E-state index in [1.165, 1.54) is 5.56 Å². The van der Waals surface area contributed by atoms with Crippen LogP contribution in [0.5, 0.6) is 0 Å². The molecule has 88 valence electrons. The van der Waals surface area contributed by atoms with Gasteiger partial charge in [-0.2, -0.15) is 0 Å². The Morgan fingerprint density at radius 3 is 2.06 bits per heavy atom. The fourth-order valence-electron chi connectivity index (χ4n) is 1.77. The van der Waals surface area contributed by atoms with Gasteiger partial charge in [0.25, 0.3) is 0 Å². The molecular formula is C14H20O2. The second kappa shape index (κ2) is 4.69. The van der Waals surface area contributed by atoms with Gasteiger partial charge in [0.1, 0.15) is 0 Å². The Balaban J connectivity index is 2.98. The lowest BCUT2D eigenvalue weighted by Crippen LogP contribution is -2.13. The summed E-state index contributed by atoms with van der Waals surface area (Å²) >= 11 is 0. The molecule has 0 aliphatic heterocycles. The van der Waals surface area contributed by atoms with Gasteiger partial charge in [0, 0.05) is 0 Å². The molecule has 0 saturated carbocycles. The summed E-state index contributed by atoms with van der Waals surface area (Å²) in [5, 5.41) is 9.06. The summed E-state index contributed by atoms with van der Waals surface area (Å²) < 4.78 is 0. The quantitative estimate of drug-likeness (QED) is 0.845. The van der Waals surface area contributed by atoms with Gasteiger partial charge in [-0.25, -0.2) is 0 Å². The molecule has 1 aromatic rings. The molecule has 1 N–H and O–H groups in total. The average molecular weight is 220 g/mol. The lowest BCUT2D eigenvalue weighted by atomic mass is 9.85. The Morgan fingerprint density at radius 1 is 1.25 bits per heavy atom. The van der Waals surface area contributed by atoms with Gasteiger partial charge < -0.3 is 5.11 Å². The number of aliphatic carboxylic acids is 1. The first-order chi connectivity index (χ1) is 7.36. The minimum Gasteiger partial charge on any atom is -0.481 e. The molecule has 1 atom stereocenters. The molecule has 0 aliphatic rings. The predicted molar refractivity (Wildman–Crippen MR) is 65.8 cm³/mol. The minimum absolute atomic E-state index is 0.115. The van der Waals surface area contributed by atoms with E-state index in [2.05, 4.69) is 20.8 Å². The normalized spacial score (nSPS) is 13.5. The Morgan fingerprint density at radius 2 is 1.75 bits per heavy atom. The van der Waals surface area contributed by atoms with E-state index in [4.69, 9.17) is 5.11 Å². The molecule has 1 aromatic carbocycles. The number of carbonyl (C=O) groups is 1. The second-order valence-electron chi connectivity index (χ2n) is 5.17. The third-order valence-corrected chi connectivity index (χ3v) is 2.89. The average Bonchev–Trinajstić information content (AvgIpc) is 2.17. The van der Waals surface area contributed by atoms with E-state index in [0.717, 1.165) is 5.56 Å². The fourth-order valence-corrected chi connectivity index (χ4v) is 1.77. The predicted octanol–water partition coefficient (Wildman–Crippen LogP) is 3.56. The Hall–Kier alpha value is -1.31. The summed E-state index contributed by atoms with van der Waals surface area (Å²) in [5.41, 5.74) is 2.24. The van der Waals surface area contributed by atoms with Gasteiger partial charge in [-0.3, -0.25) is 4.79 Å². The molecule has 2 nitrogen and oxygen atoms in total. The van der Waals surface area contributed by atoms with Crippen LogP contribution in [0.25, 0.3) is 0 Å². The van der Waals surface area contributed by atoms with Crippen LogP contribution in [0, 0.1) is 0 Å². The monoisotopic (exact) mass is 220 g/mol. The standard InChI is InChI=1S/C14H20O2/c1-5-12(13(15)16)10-6-8-11(9-7-10)14(2,3)4/h6-9,12H,5H2,1-4H3,(H,15,16). The maximum atomic E-state index is 11.0. The first-order valence-electron chi connectivity index (χ1n) is 5.69. The highest BCUT2D eigenvalue weighted by Gasteiger charge is 2.19. The third kappa shape index (κ3) is 2.84. The van der Waals surface area contributed by atoms with Gasteiger partial charge in [-0.05, 0) is 23.0 Å². The molecule has 0 radical (unpaired) electrons. The zero-order chi connectivity index (χ0) is 12.3. The van der Waals surface area contributed by atoms with E-state index in [-0.39, 0.29) is 11.3 Å². The summed E-state index contributed by atoms with van der Waals surface area (Å²) in [6, 6.07) is 7.92. The lowest BCUT2D eigenvalue weighted by molar-refractivity contribution is -0.138. The molecular weight excluding hydrogens is 200 g/mol. The fraction of sp³-hybridized carbons (Fsp3) is 0.500. The lowest BCUT2D eigenvalue weighted by Gasteiger charge is -2.20. The van der Waals surface area contributed by atoms with Gasteiger partial charge in [0.05, 0.1) is 5.92 Å². The largest absolute Gasteiger partial charge is 0.481 e. The van der Waals surface area contributed by atoms with E-state index in [0.29, 0.717) is 6.42 Å². The highest BCUT2D eigenvalue weighted by atomic mass is 16.4. The first-order valence-corrected chi connectivity index (χ1v) is 5.69. The van der Waals surface area contributed by atoms with E-state index in [1.54, 1.807) is 0 Å². The van der Waals surface area contributed by atoms with Crippen molar-refractivity contribution < 1.29 is 9.90 Å². The van der Waals surface area contributed by atoms with Crippen LogP contribution in [0.15, 0.2) is 24.3 Å². The van der Waals surface area contributed by atoms with Crippen molar-refractivity contribution in [1.29, 1.82) is 0 Å². The zero-order valence-electron chi connectivity index (χ0n) is 10.4. The molecule has 0 aliphatic carbocycles. The molecule has 1 rings (SSSR count). The molecule has 0 fully saturated rings. The van der Waals surface area contributed by atoms with Crippen LogP contribution < -0.4 is 0 Å². The maximum absolute atomic E-state index is 11.0. The van der Waals surface area contributed by atoms with Gasteiger partial charge in [0.15, 0.2) is 0 Å². The van der Waals surface area contributed by atoms with E-state index >= 15 is 0 Å². The van der Waals surface area contributed by atoms with E-state index < -0.39 is 5.97 Å². The van der Waals surface area contributed by atoms with Gasteiger partial charge in [-0.15, -0.1) is 0 Å². The number of carboxylic acids is 1. The molecule has 1 unspecified atom stereocenters. The minimum atomic E-state index is -0.744. The van der Waals surface area contributed by atoms with Crippen LogP contribution in [-0.4, -0.2) is 11.1 Å². The molecule has 2 heteroatoms. The van der Waals surface area contributed by atoms with Crippen molar-refractivity contribution >= 4 is 5.97 Å². The third-order valence-electron chi connectivity index (χ3n) is 2.89. The summed E-state index contributed by atoms with van der Waals surface area (Å²) in [4.78, 5) is 11.0. The number of rotatable bonds is 3. The van der Waals surface area contributed by atoms with Crippen LogP contribution in [0.4, 0.5) is 0 Å². The summed E-state index contributed by atoms with van der Waals surface area (Å²) in [6.45, 7) is 8.35. The van der Waals surface area contributed by atoms with Gasteiger partial charge >= 0.3 is 5.97 Å². The summed E-state index contributed by atoms with van der Waals surface area (Å²) in [6.07, 6.45) is 0.629. The van der Waals surface area contributed by atoms with Crippen molar-refractivity contribution in [3.8, 4) is 0 Å². The molecule has 0 aromatic heterocycles. The van der Waals surface area contributed by atoms with Crippen LogP contribution in [-0.2, 0) is 10.2 Å². The van der Waals surface area contributed by atoms with Crippen LogP contribution in [0.3, 0.4) is 0 Å². The second-order valence-corrected chi connectivity index (χ2v) is 5.17. The highest BCUT2D eigenvalue weighted by molar-refractivity contribution is 5.75. The van der Waals surface area contributed by atoms with Crippen molar-refractivity contribution in [3.05, 3.63) is 35.4 Å². The molecule has 0 amide bonds. The SMILES string of the molecule is CCC(C(=O)O)c1ccc(C(C)(C)C)cc1. The summed E-state index contributed by atoms with van der Waals surface area (Å²) in [7, 11) is 0. The van der Waals surface area contributed by atoms with Crippen molar-refractivity contribution in [2.24, 2.45) is 0 Å². The Kier molecular flexibility index (Phi) is 3.74. The summed E-state index contributed by atoms with van der Waals surface area (Å²) in [5.74, 6) is -1.12. The highest BCUT2D eigenvalue weighted by Crippen LogP contribution is 2.25. The van der Waals surface area contributed by atoms with E-state index in [9.17, 15) is 4.79 Å².